The highest BCUT2D eigenvalue weighted by Crippen LogP contribution is 2.37. The van der Waals surface area contributed by atoms with Crippen LogP contribution in [0.3, 0.4) is 0 Å². The quantitative estimate of drug-likeness (QED) is 0.834. The number of rotatable bonds is 2. The van der Waals surface area contributed by atoms with E-state index in [4.69, 9.17) is 16.3 Å². The molecule has 0 fully saturated rings. The normalized spacial score (nSPS) is 19.3. The van der Waals surface area contributed by atoms with Crippen molar-refractivity contribution in [2.75, 3.05) is 26.5 Å². The Morgan fingerprint density at radius 2 is 2.22 bits per heavy atom. The predicted molar refractivity (Wildman–Crippen MR) is 72.5 cm³/mol. The fraction of sp³-hybridized carbons (Fsp3) is 0.308. The van der Waals surface area contributed by atoms with Crippen molar-refractivity contribution in [3.8, 4) is 0 Å². The molecule has 0 amide bonds. The number of esters is 1. The van der Waals surface area contributed by atoms with Crippen LogP contribution in [0.1, 0.15) is 5.56 Å². The monoisotopic (exact) mass is 266 g/mol. The maximum atomic E-state index is 11.8. The van der Waals surface area contributed by atoms with Gasteiger partial charge in [0.1, 0.15) is 0 Å². The molecule has 18 heavy (non-hydrogen) atoms. The molecule has 1 unspecified atom stereocenters. The number of ether oxygens (including phenoxy) is 1. The third kappa shape index (κ3) is 2.29. The third-order valence-corrected chi connectivity index (χ3v) is 2.97. The number of nitrogens with one attached hydrogen (secondary N) is 1. The smallest absolute Gasteiger partial charge is 0.333 e. The SMILES string of the molecule is COC(=O)C1Nc2ccc(Cl)cc2/C1=C\N(C)C. The number of hydrogen-bond acceptors (Lipinski definition) is 4. The molecule has 1 aromatic carbocycles. The fourth-order valence-corrected chi connectivity index (χ4v) is 2.17. The lowest BCUT2D eigenvalue weighted by Gasteiger charge is -2.13. The molecule has 96 valence electrons. The first-order valence-corrected chi connectivity index (χ1v) is 5.93. The molecule has 2 rings (SSSR count). The molecule has 1 aliphatic heterocycles. The summed E-state index contributed by atoms with van der Waals surface area (Å²) in [7, 11) is 5.20. The number of hydrogen-bond donors (Lipinski definition) is 1. The zero-order chi connectivity index (χ0) is 13.3. The van der Waals surface area contributed by atoms with Crippen molar-refractivity contribution < 1.29 is 9.53 Å². The van der Waals surface area contributed by atoms with Crippen LogP contribution in [0.4, 0.5) is 5.69 Å². The van der Waals surface area contributed by atoms with Gasteiger partial charge in [-0.2, -0.15) is 0 Å². The molecule has 0 spiro atoms. The summed E-state index contributed by atoms with van der Waals surface area (Å²) < 4.78 is 4.81. The minimum absolute atomic E-state index is 0.310. The van der Waals surface area contributed by atoms with Crippen LogP contribution in [-0.4, -0.2) is 38.1 Å². The average Bonchev–Trinajstić information content (AvgIpc) is 2.66. The summed E-state index contributed by atoms with van der Waals surface area (Å²) in [4.78, 5) is 13.7. The Bertz CT molecular complexity index is 512. The van der Waals surface area contributed by atoms with E-state index in [0.717, 1.165) is 16.8 Å². The highest BCUT2D eigenvalue weighted by molar-refractivity contribution is 6.31. The zero-order valence-corrected chi connectivity index (χ0v) is 11.3. The van der Waals surface area contributed by atoms with Crippen molar-refractivity contribution in [1.29, 1.82) is 0 Å². The van der Waals surface area contributed by atoms with Crippen molar-refractivity contribution in [2.45, 2.75) is 6.04 Å². The Labute approximate surface area is 111 Å². The van der Waals surface area contributed by atoms with Crippen molar-refractivity contribution in [2.24, 2.45) is 0 Å². The third-order valence-electron chi connectivity index (χ3n) is 2.74. The van der Waals surface area contributed by atoms with Crippen LogP contribution in [-0.2, 0) is 9.53 Å². The molecule has 1 heterocycles. The minimum atomic E-state index is -0.481. The van der Waals surface area contributed by atoms with Gasteiger partial charge >= 0.3 is 5.97 Å². The number of fused-ring (bicyclic) bond motifs is 1. The first-order valence-electron chi connectivity index (χ1n) is 5.55. The first kappa shape index (κ1) is 12.8. The van der Waals surface area contributed by atoms with Crippen LogP contribution in [0.5, 0.6) is 0 Å². The molecule has 0 aliphatic carbocycles. The van der Waals surface area contributed by atoms with E-state index >= 15 is 0 Å². The lowest BCUT2D eigenvalue weighted by atomic mass is 10.0. The summed E-state index contributed by atoms with van der Waals surface area (Å²) in [6.07, 6.45) is 1.90. The number of carbonyl (C=O) groups excluding carboxylic acids is 1. The molecule has 0 radical (unpaired) electrons. The van der Waals surface area contributed by atoms with Gasteiger partial charge in [-0.3, -0.25) is 0 Å². The summed E-state index contributed by atoms with van der Waals surface area (Å²) in [5.74, 6) is -0.310. The summed E-state index contributed by atoms with van der Waals surface area (Å²) >= 11 is 6.00. The molecule has 1 atom stereocenters. The molecular formula is C13H15ClN2O2. The largest absolute Gasteiger partial charge is 0.467 e. The molecule has 5 heteroatoms. The van der Waals surface area contributed by atoms with Gasteiger partial charge in [0.05, 0.1) is 7.11 Å². The van der Waals surface area contributed by atoms with E-state index in [0.29, 0.717) is 5.02 Å². The van der Waals surface area contributed by atoms with Gasteiger partial charge < -0.3 is 15.0 Å². The van der Waals surface area contributed by atoms with Crippen LogP contribution in [0.2, 0.25) is 5.02 Å². The van der Waals surface area contributed by atoms with Gasteiger partial charge in [-0.25, -0.2) is 4.79 Å². The Morgan fingerprint density at radius 1 is 1.50 bits per heavy atom. The van der Waals surface area contributed by atoms with E-state index < -0.39 is 6.04 Å². The summed E-state index contributed by atoms with van der Waals surface area (Å²) in [5.41, 5.74) is 2.69. The second-order valence-electron chi connectivity index (χ2n) is 4.34. The van der Waals surface area contributed by atoms with Gasteiger partial charge in [-0.05, 0) is 18.2 Å². The van der Waals surface area contributed by atoms with E-state index in [2.05, 4.69) is 5.32 Å². The van der Waals surface area contributed by atoms with Crippen LogP contribution < -0.4 is 5.32 Å². The minimum Gasteiger partial charge on any atom is -0.467 e. The molecular weight excluding hydrogens is 252 g/mol. The molecule has 1 N–H and O–H groups in total. The maximum absolute atomic E-state index is 11.8. The molecule has 0 bridgehead atoms. The second kappa shape index (κ2) is 4.90. The van der Waals surface area contributed by atoms with Gasteiger partial charge in [-0.1, -0.05) is 11.6 Å². The number of carbonyl (C=O) groups is 1. The summed E-state index contributed by atoms with van der Waals surface area (Å²) in [6.45, 7) is 0. The van der Waals surface area contributed by atoms with Crippen molar-refractivity contribution >= 4 is 28.8 Å². The van der Waals surface area contributed by atoms with E-state index in [9.17, 15) is 4.79 Å². The highest BCUT2D eigenvalue weighted by atomic mass is 35.5. The summed E-state index contributed by atoms with van der Waals surface area (Å²) in [5, 5.41) is 3.78. The lowest BCUT2D eigenvalue weighted by molar-refractivity contribution is -0.140. The Hall–Kier alpha value is -1.68. The van der Waals surface area contributed by atoms with Crippen molar-refractivity contribution in [1.82, 2.24) is 4.90 Å². The molecule has 1 aliphatic rings. The van der Waals surface area contributed by atoms with Gasteiger partial charge in [0.2, 0.25) is 0 Å². The number of anilines is 1. The van der Waals surface area contributed by atoms with Gasteiger partial charge in [0, 0.05) is 42.1 Å². The lowest BCUT2D eigenvalue weighted by Crippen LogP contribution is -2.28. The van der Waals surface area contributed by atoms with E-state index in [1.54, 1.807) is 6.07 Å². The maximum Gasteiger partial charge on any atom is 0.333 e. The molecule has 4 nitrogen and oxygen atoms in total. The zero-order valence-electron chi connectivity index (χ0n) is 10.5. The Kier molecular flexibility index (Phi) is 3.48. The number of halogens is 1. The molecule has 1 aromatic rings. The second-order valence-corrected chi connectivity index (χ2v) is 4.77. The van der Waals surface area contributed by atoms with Gasteiger partial charge in [0.25, 0.3) is 0 Å². The number of methoxy groups -OCH3 is 1. The predicted octanol–water partition coefficient (Wildman–Crippen LogP) is 2.21. The Morgan fingerprint density at radius 3 is 2.83 bits per heavy atom. The molecule has 0 saturated carbocycles. The van der Waals surface area contributed by atoms with Crippen LogP contribution in [0.25, 0.3) is 5.57 Å². The highest BCUT2D eigenvalue weighted by Gasteiger charge is 2.32. The Balaban J connectivity index is 2.48. The average molecular weight is 267 g/mol. The van der Waals surface area contributed by atoms with Gasteiger partial charge in [-0.15, -0.1) is 0 Å². The standard InChI is InChI=1S/C13H15ClN2O2/c1-16(2)7-10-9-6-8(14)4-5-11(9)15-12(10)13(17)18-3/h4-7,12,15H,1-3H3/b10-7+. The van der Waals surface area contributed by atoms with Crippen LogP contribution in [0.15, 0.2) is 24.4 Å². The summed E-state index contributed by atoms with van der Waals surface area (Å²) in [6, 6.07) is 5.03. The van der Waals surface area contributed by atoms with Crippen molar-refractivity contribution in [3.05, 3.63) is 35.0 Å². The molecule has 0 saturated heterocycles. The van der Waals surface area contributed by atoms with E-state index in [1.165, 1.54) is 7.11 Å². The van der Waals surface area contributed by atoms with E-state index in [1.807, 2.05) is 37.3 Å². The fourth-order valence-electron chi connectivity index (χ4n) is 2.00. The van der Waals surface area contributed by atoms with Crippen LogP contribution in [0, 0.1) is 0 Å². The number of nitrogens with zero attached hydrogens (tertiary/aromatic N) is 1. The van der Waals surface area contributed by atoms with Crippen LogP contribution >= 0.6 is 11.6 Å². The van der Waals surface area contributed by atoms with Gasteiger partial charge in [0.15, 0.2) is 6.04 Å². The van der Waals surface area contributed by atoms with E-state index in [-0.39, 0.29) is 5.97 Å². The topological polar surface area (TPSA) is 41.6 Å². The number of benzene rings is 1. The van der Waals surface area contributed by atoms with Crippen molar-refractivity contribution in [3.63, 3.8) is 0 Å². The first-order chi connectivity index (χ1) is 8.52. The molecule has 0 aromatic heterocycles.